The highest BCUT2D eigenvalue weighted by Crippen LogP contribution is 2.01. The summed E-state index contributed by atoms with van der Waals surface area (Å²) in [6.07, 6.45) is 2.58. The van der Waals surface area contributed by atoms with Gasteiger partial charge >= 0.3 is 0 Å². The fourth-order valence-electron chi connectivity index (χ4n) is 0.965. The third-order valence-corrected chi connectivity index (χ3v) is 1.91. The smallest absolute Gasteiger partial charge is 0.0704 e. The molecular weight excluding hydrogens is 172 g/mol. The molecule has 0 aromatic heterocycles. The monoisotopic (exact) mass is 192 g/mol. The summed E-state index contributed by atoms with van der Waals surface area (Å²) in [5, 5.41) is 0. The molecule has 0 spiro atoms. The third-order valence-electron chi connectivity index (χ3n) is 1.73. The summed E-state index contributed by atoms with van der Waals surface area (Å²) in [5.41, 5.74) is 0. The highest BCUT2D eigenvalue weighted by atomic mass is 32.1. The van der Waals surface area contributed by atoms with Gasteiger partial charge in [-0.1, -0.05) is 13.8 Å². The van der Waals surface area contributed by atoms with E-state index in [-0.39, 0.29) is 0 Å². The number of ether oxygens (including phenoxy) is 2. The second kappa shape index (κ2) is 9.36. The van der Waals surface area contributed by atoms with E-state index in [1.165, 1.54) is 0 Å². The maximum absolute atomic E-state index is 5.54. The lowest BCUT2D eigenvalue weighted by Gasteiger charge is -2.13. The van der Waals surface area contributed by atoms with E-state index in [2.05, 4.69) is 26.5 Å². The molecule has 0 aliphatic carbocycles. The molecule has 0 aromatic rings. The van der Waals surface area contributed by atoms with Crippen LogP contribution in [0.15, 0.2) is 0 Å². The fourth-order valence-corrected chi connectivity index (χ4v) is 1.09. The van der Waals surface area contributed by atoms with Crippen molar-refractivity contribution in [1.29, 1.82) is 0 Å². The molecule has 2 nitrogen and oxygen atoms in total. The van der Waals surface area contributed by atoms with Crippen LogP contribution in [0.3, 0.4) is 0 Å². The van der Waals surface area contributed by atoms with Gasteiger partial charge in [0.15, 0.2) is 0 Å². The van der Waals surface area contributed by atoms with Gasteiger partial charge in [-0.3, -0.25) is 0 Å². The predicted molar refractivity (Wildman–Crippen MR) is 55.0 cm³/mol. The molecule has 0 aliphatic rings. The number of hydrogen-bond donors (Lipinski definition) is 1. The van der Waals surface area contributed by atoms with Crippen LogP contribution in [-0.2, 0) is 9.47 Å². The molecule has 0 atom stereocenters. The summed E-state index contributed by atoms with van der Waals surface area (Å²) in [6, 6.07) is 0. The Morgan fingerprint density at radius 3 is 2.25 bits per heavy atom. The number of hydrogen-bond acceptors (Lipinski definition) is 3. The van der Waals surface area contributed by atoms with Crippen LogP contribution in [0.2, 0.25) is 0 Å². The molecule has 0 saturated heterocycles. The van der Waals surface area contributed by atoms with E-state index in [0.717, 1.165) is 25.2 Å². The minimum Gasteiger partial charge on any atom is -0.378 e. The SMILES string of the molecule is CCC(CC)OCCOCCS. The van der Waals surface area contributed by atoms with Crippen LogP contribution < -0.4 is 0 Å². The Bertz CT molecular complexity index is 84.6. The average molecular weight is 192 g/mol. The van der Waals surface area contributed by atoms with E-state index in [1.807, 2.05) is 0 Å². The van der Waals surface area contributed by atoms with Gasteiger partial charge in [0.2, 0.25) is 0 Å². The van der Waals surface area contributed by atoms with E-state index in [4.69, 9.17) is 9.47 Å². The van der Waals surface area contributed by atoms with Crippen LogP contribution in [0.4, 0.5) is 0 Å². The topological polar surface area (TPSA) is 18.5 Å². The Morgan fingerprint density at radius 1 is 1.08 bits per heavy atom. The summed E-state index contributed by atoms with van der Waals surface area (Å²) >= 11 is 4.03. The standard InChI is InChI=1S/C9H20O2S/c1-3-9(4-2)11-6-5-10-7-8-12/h9,12H,3-8H2,1-2H3. The molecule has 0 unspecified atom stereocenters. The van der Waals surface area contributed by atoms with Crippen molar-refractivity contribution < 1.29 is 9.47 Å². The van der Waals surface area contributed by atoms with Gasteiger partial charge < -0.3 is 9.47 Å². The van der Waals surface area contributed by atoms with E-state index in [0.29, 0.717) is 19.3 Å². The van der Waals surface area contributed by atoms with Crippen LogP contribution in [0.25, 0.3) is 0 Å². The summed E-state index contributed by atoms with van der Waals surface area (Å²) < 4.78 is 10.8. The lowest BCUT2D eigenvalue weighted by atomic mass is 10.2. The second-order valence-electron chi connectivity index (χ2n) is 2.65. The molecule has 0 saturated carbocycles. The second-order valence-corrected chi connectivity index (χ2v) is 3.09. The van der Waals surface area contributed by atoms with E-state index in [9.17, 15) is 0 Å². The lowest BCUT2D eigenvalue weighted by molar-refractivity contribution is 0.00514. The molecule has 0 fully saturated rings. The molecule has 0 radical (unpaired) electrons. The zero-order valence-electron chi connectivity index (χ0n) is 8.08. The van der Waals surface area contributed by atoms with Crippen molar-refractivity contribution in [3.63, 3.8) is 0 Å². The summed E-state index contributed by atoms with van der Waals surface area (Å²) in [6.45, 7) is 6.40. The molecule has 0 heterocycles. The summed E-state index contributed by atoms with van der Waals surface area (Å²) in [5.74, 6) is 0.783. The first kappa shape index (κ1) is 12.3. The van der Waals surface area contributed by atoms with Crippen LogP contribution >= 0.6 is 12.6 Å². The van der Waals surface area contributed by atoms with Crippen LogP contribution in [0.5, 0.6) is 0 Å². The zero-order valence-corrected chi connectivity index (χ0v) is 8.98. The maximum Gasteiger partial charge on any atom is 0.0704 e. The van der Waals surface area contributed by atoms with E-state index >= 15 is 0 Å². The van der Waals surface area contributed by atoms with Crippen molar-refractivity contribution in [1.82, 2.24) is 0 Å². The van der Waals surface area contributed by atoms with Crippen molar-refractivity contribution in [2.75, 3.05) is 25.6 Å². The van der Waals surface area contributed by atoms with Crippen molar-refractivity contribution >= 4 is 12.6 Å². The lowest BCUT2D eigenvalue weighted by Crippen LogP contribution is -2.14. The minimum absolute atomic E-state index is 0.407. The molecule has 74 valence electrons. The average Bonchev–Trinajstić information content (AvgIpc) is 2.11. The summed E-state index contributed by atoms with van der Waals surface area (Å²) in [7, 11) is 0. The van der Waals surface area contributed by atoms with Crippen molar-refractivity contribution in [2.24, 2.45) is 0 Å². The Balaban J connectivity index is 3.06. The highest BCUT2D eigenvalue weighted by Gasteiger charge is 2.01. The van der Waals surface area contributed by atoms with Gasteiger partial charge in [0, 0.05) is 5.75 Å². The number of thiol groups is 1. The molecular formula is C9H20O2S. The first-order valence-corrected chi connectivity index (χ1v) is 5.28. The summed E-state index contributed by atoms with van der Waals surface area (Å²) in [4.78, 5) is 0. The first-order valence-electron chi connectivity index (χ1n) is 4.65. The molecule has 0 aromatic carbocycles. The van der Waals surface area contributed by atoms with Crippen molar-refractivity contribution in [3.05, 3.63) is 0 Å². The van der Waals surface area contributed by atoms with Gasteiger partial charge in [-0.25, -0.2) is 0 Å². The molecule has 0 amide bonds. The zero-order chi connectivity index (χ0) is 9.23. The largest absolute Gasteiger partial charge is 0.378 e. The highest BCUT2D eigenvalue weighted by molar-refractivity contribution is 7.80. The van der Waals surface area contributed by atoms with Crippen molar-refractivity contribution in [2.45, 2.75) is 32.8 Å². The van der Waals surface area contributed by atoms with Gasteiger partial charge in [0.1, 0.15) is 0 Å². The Hall–Kier alpha value is 0.270. The molecule has 0 bridgehead atoms. The third kappa shape index (κ3) is 6.95. The van der Waals surface area contributed by atoms with Crippen LogP contribution in [0.1, 0.15) is 26.7 Å². The van der Waals surface area contributed by atoms with Crippen molar-refractivity contribution in [3.8, 4) is 0 Å². The first-order chi connectivity index (χ1) is 5.85. The molecule has 3 heteroatoms. The number of rotatable bonds is 8. The Labute approximate surface area is 81.0 Å². The van der Waals surface area contributed by atoms with Gasteiger partial charge in [0.25, 0.3) is 0 Å². The Kier molecular flexibility index (Phi) is 9.57. The van der Waals surface area contributed by atoms with Gasteiger partial charge in [-0.15, -0.1) is 0 Å². The minimum atomic E-state index is 0.407. The maximum atomic E-state index is 5.54. The van der Waals surface area contributed by atoms with Gasteiger partial charge in [-0.05, 0) is 12.8 Å². The van der Waals surface area contributed by atoms with Gasteiger partial charge in [0.05, 0.1) is 25.9 Å². The van der Waals surface area contributed by atoms with E-state index < -0.39 is 0 Å². The molecule has 0 N–H and O–H groups in total. The van der Waals surface area contributed by atoms with Gasteiger partial charge in [-0.2, -0.15) is 12.6 Å². The fraction of sp³-hybridized carbons (Fsp3) is 1.00. The molecule has 12 heavy (non-hydrogen) atoms. The Morgan fingerprint density at radius 2 is 1.75 bits per heavy atom. The predicted octanol–water partition coefficient (Wildman–Crippen LogP) is 2.14. The van der Waals surface area contributed by atoms with Crippen LogP contribution in [0, 0.1) is 0 Å². The van der Waals surface area contributed by atoms with Crippen LogP contribution in [-0.4, -0.2) is 31.7 Å². The molecule has 0 aliphatic heterocycles. The van der Waals surface area contributed by atoms with E-state index in [1.54, 1.807) is 0 Å². The normalized spacial score (nSPS) is 11.0. The quantitative estimate of drug-likeness (QED) is 0.469. The molecule has 0 rings (SSSR count).